The third kappa shape index (κ3) is 3.60. The van der Waals surface area contributed by atoms with Crippen molar-refractivity contribution in [3.63, 3.8) is 0 Å². The summed E-state index contributed by atoms with van der Waals surface area (Å²) in [5.41, 5.74) is 2.04. The number of hydrogen-bond acceptors (Lipinski definition) is 2. The second-order valence-electron chi connectivity index (χ2n) is 5.99. The predicted octanol–water partition coefficient (Wildman–Crippen LogP) is 2.89. The summed E-state index contributed by atoms with van der Waals surface area (Å²) >= 11 is 0. The molecule has 0 aromatic carbocycles. The molecule has 0 aromatic rings. The van der Waals surface area contributed by atoms with Crippen molar-refractivity contribution >= 4 is 0 Å². The van der Waals surface area contributed by atoms with E-state index < -0.39 is 0 Å². The number of hydrogen-bond donors (Lipinski definition) is 1. The van der Waals surface area contributed by atoms with Gasteiger partial charge in [-0.15, -0.1) is 0 Å². The van der Waals surface area contributed by atoms with Crippen LogP contribution in [0.1, 0.15) is 46.0 Å². The molecular formula is C14H25NO. The average Bonchev–Trinajstić information content (AvgIpc) is 2.29. The van der Waals surface area contributed by atoms with Gasteiger partial charge in [0.05, 0.1) is 12.7 Å². The standard InChI is InChI=1S/C14H25NO/c1-14(2)7-3-13(4-8-14)16-11-12-5-9-15-10-6-12/h5,13,15H,3-4,6-11H2,1-2H3. The lowest BCUT2D eigenvalue weighted by atomic mass is 9.76. The molecule has 1 aliphatic carbocycles. The van der Waals surface area contributed by atoms with E-state index in [0.717, 1.165) is 26.1 Å². The molecule has 0 amide bonds. The topological polar surface area (TPSA) is 21.3 Å². The van der Waals surface area contributed by atoms with Crippen molar-refractivity contribution in [1.29, 1.82) is 0 Å². The number of ether oxygens (including phenoxy) is 1. The van der Waals surface area contributed by atoms with Crippen molar-refractivity contribution < 1.29 is 4.74 Å². The van der Waals surface area contributed by atoms with Gasteiger partial charge in [0.15, 0.2) is 0 Å². The first-order valence-electron chi connectivity index (χ1n) is 6.66. The lowest BCUT2D eigenvalue weighted by Crippen LogP contribution is -2.28. The Morgan fingerprint density at radius 1 is 1.38 bits per heavy atom. The molecule has 2 heteroatoms. The van der Waals surface area contributed by atoms with Crippen molar-refractivity contribution in [2.45, 2.75) is 52.1 Å². The summed E-state index contributed by atoms with van der Waals surface area (Å²) in [5.74, 6) is 0. The normalized spacial score (nSPS) is 26.5. The zero-order chi connectivity index (χ0) is 11.4. The molecule has 16 heavy (non-hydrogen) atoms. The zero-order valence-corrected chi connectivity index (χ0v) is 10.7. The Kier molecular flexibility index (Phi) is 4.04. The van der Waals surface area contributed by atoms with Crippen LogP contribution < -0.4 is 5.32 Å². The monoisotopic (exact) mass is 223 g/mol. The highest BCUT2D eigenvalue weighted by molar-refractivity contribution is 5.07. The van der Waals surface area contributed by atoms with E-state index in [1.54, 1.807) is 0 Å². The Morgan fingerprint density at radius 3 is 2.75 bits per heavy atom. The first kappa shape index (κ1) is 12.1. The molecule has 0 unspecified atom stereocenters. The minimum absolute atomic E-state index is 0.517. The summed E-state index contributed by atoms with van der Waals surface area (Å²) < 4.78 is 6.02. The van der Waals surface area contributed by atoms with Crippen LogP contribution in [0.15, 0.2) is 11.6 Å². The zero-order valence-electron chi connectivity index (χ0n) is 10.7. The largest absolute Gasteiger partial charge is 0.374 e. The maximum Gasteiger partial charge on any atom is 0.0681 e. The fourth-order valence-corrected chi connectivity index (χ4v) is 2.57. The lowest BCUT2D eigenvalue weighted by molar-refractivity contribution is 0.0147. The molecule has 1 N–H and O–H groups in total. The van der Waals surface area contributed by atoms with Crippen LogP contribution in [0.4, 0.5) is 0 Å². The Hall–Kier alpha value is -0.340. The smallest absolute Gasteiger partial charge is 0.0681 e. The molecule has 0 spiro atoms. The van der Waals surface area contributed by atoms with E-state index in [2.05, 4.69) is 25.2 Å². The number of rotatable bonds is 3. The van der Waals surface area contributed by atoms with Gasteiger partial charge in [-0.1, -0.05) is 19.9 Å². The van der Waals surface area contributed by atoms with Crippen LogP contribution in [0.2, 0.25) is 0 Å². The van der Waals surface area contributed by atoms with Crippen LogP contribution in [0.5, 0.6) is 0 Å². The van der Waals surface area contributed by atoms with Gasteiger partial charge in [-0.05, 0) is 49.6 Å². The third-order valence-corrected chi connectivity index (χ3v) is 3.95. The van der Waals surface area contributed by atoms with Gasteiger partial charge in [-0.3, -0.25) is 0 Å². The van der Waals surface area contributed by atoms with E-state index in [4.69, 9.17) is 4.74 Å². The maximum absolute atomic E-state index is 6.02. The minimum atomic E-state index is 0.517. The fraction of sp³-hybridized carbons (Fsp3) is 0.857. The van der Waals surface area contributed by atoms with Crippen LogP contribution in [-0.2, 0) is 4.74 Å². The lowest BCUT2D eigenvalue weighted by Gasteiger charge is -2.34. The molecule has 0 saturated heterocycles. The molecule has 0 radical (unpaired) electrons. The van der Waals surface area contributed by atoms with Crippen LogP contribution in [0, 0.1) is 5.41 Å². The Labute approximate surface area is 99.4 Å². The van der Waals surface area contributed by atoms with Crippen molar-refractivity contribution in [3.05, 3.63) is 11.6 Å². The summed E-state index contributed by atoms with van der Waals surface area (Å²) in [6.45, 7) is 7.76. The molecule has 1 saturated carbocycles. The quantitative estimate of drug-likeness (QED) is 0.743. The highest BCUT2D eigenvalue weighted by atomic mass is 16.5. The summed E-state index contributed by atoms with van der Waals surface area (Å²) in [4.78, 5) is 0. The third-order valence-electron chi connectivity index (χ3n) is 3.95. The van der Waals surface area contributed by atoms with Crippen LogP contribution >= 0.6 is 0 Å². The van der Waals surface area contributed by atoms with E-state index in [9.17, 15) is 0 Å². The molecule has 0 aromatic heterocycles. The van der Waals surface area contributed by atoms with Crippen LogP contribution in [-0.4, -0.2) is 25.8 Å². The second-order valence-corrected chi connectivity index (χ2v) is 5.99. The molecular weight excluding hydrogens is 198 g/mol. The minimum Gasteiger partial charge on any atom is -0.374 e. The first-order valence-corrected chi connectivity index (χ1v) is 6.66. The second kappa shape index (κ2) is 5.33. The molecule has 0 bridgehead atoms. The van der Waals surface area contributed by atoms with Gasteiger partial charge >= 0.3 is 0 Å². The molecule has 2 aliphatic rings. The van der Waals surface area contributed by atoms with E-state index in [1.165, 1.54) is 31.3 Å². The summed E-state index contributed by atoms with van der Waals surface area (Å²) in [6.07, 6.45) is 9.10. The van der Waals surface area contributed by atoms with Gasteiger partial charge in [0.2, 0.25) is 0 Å². The molecule has 1 aliphatic heterocycles. The summed E-state index contributed by atoms with van der Waals surface area (Å²) in [7, 11) is 0. The Morgan fingerprint density at radius 2 is 2.12 bits per heavy atom. The van der Waals surface area contributed by atoms with Crippen molar-refractivity contribution in [1.82, 2.24) is 5.32 Å². The van der Waals surface area contributed by atoms with E-state index in [0.29, 0.717) is 11.5 Å². The van der Waals surface area contributed by atoms with Gasteiger partial charge in [0.1, 0.15) is 0 Å². The molecule has 2 rings (SSSR count). The number of nitrogens with one attached hydrogen (secondary N) is 1. The average molecular weight is 223 g/mol. The van der Waals surface area contributed by atoms with Crippen molar-refractivity contribution in [2.75, 3.05) is 19.7 Å². The van der Waals surface area contributed by atoms with E-state index in [-0.39, 0.29) is 0 Å². The highest BCUT2D eigenvalue weighted by Gasteiger charge is 2.27. The van der Waals surface area contributed by atoms with Gasteiger partial charge < -0.3 is 10.1 Å². The fourth-order valence-electron chi connectivity index (χ4n) is 2.57. The van der Waals surface area contributed by atoms with Gasteiger partial charge in [0, 0.05) is 6.54 Å². The van der Waals surface area contributed by atoms with Gasteiger partial charge in [-0.2, -0.15) is 0 Å². The van der Waals surface area contributed by atoms with Crippen molar-refractivity contribution in [2.24, 2.45) is 5.41 Å². The Balaban J connectivity index is 1.69. The van der Waals surface area contributed by atoms with Crippen LogP contribution in [0.3, 0.4) is 0 Å². The van der Waals surface area contributed by atoms with E-state index >= 15 is 0 Å². The SMILES string of the molecule is CC1(C)CCC(OCC2=CCNCC2)CC1. The maximum atomic E-state index is 6.02. The van der Waals surface area contributed by atoms with E-state index in [1.807, 2.05) is 0 Å². The van der Waals surface area contributed by atoms with Gasteiger partial charge in [-0.25, -0.2) is 0 Å². The van der Waals surface area contributed by atoms with Crippen molar-refractivity contribution in [3.8, 4) is 0 Å². The predicted molar refractivity (Wildman–Crippen MR) is 67.6 cm³/mol. The Bertz CT molecular complexity index is 247. The molecule has 2 nitrogen and oxygen atoms in total. The summed E-state index contributed by atoms with van der Waals surface area (Å²) in [6, 6.07) is 0. The van der Waals surface area contributed by atoms with Crippen LogP contribution in [0.25, 0.3) is 0 Å². The highest BCUT2D eigenvalue weighted by Crippen LogP contribution is 2.36. The summed E-state index contributed by atoms with van der Waals surface area (Å²) in [5, 5.41) is 3.33. The molecule has 92 valence electrons. The molecule has 1 heterocycles. The molecule has 1 fully saturated rings. The first-order chi connectivity index (χ1) is 7.66. The molecule has 0 atom stereocenters. The van der Waals surface area contributed by atoms with Gasteiger partial charge in [0.25, 0.3) is 0 Å².